The van der Waals surface area contributed by atoms with Crippen molar-refractivity contribution in [3.05, 3.63) is 29.8 Å². The molecule has 0 spiro atoms. The highest BCUT2D eigenvalue weighted by molar-refractivity contribution is 9.09. The first-order chi connectivity index (χ1) is 8.67. The zero-order valence-electron chi connectivity index (χ0n) is 9.93. The summed E-state index contributed by atoms with van der Waals surface area (Å²) in [5, 5.41) is 0.736. The van der Waals surface area contributed by atoms with Crippen LogP contribution in [0.25, 0.3) is 0 Å². The molecule has 1 aliphatic heterocycles. The van der Waals surface area contributed by atoms with E-state index >= 15 is 0 Å². The second-order valence-corrected chi connectivity index (χ2v) is 5.15. The number of ether oxygens (including phenoxy) is 2. The summed E-state index contributed by atoms with van der Waals surface area (Å²) in [5.41, 5.74) is -0.104. The maximum Gasteiger partial charge on any atom is 0.190 e. The Morgan fingerprint density at radius 3 is 2.39 bits per heavy atom. The molecule has 1 aliphatic rings. The normalized spacial score (nSPS) is 18.6. The smallest absolute Gasteiger partial charge is 0.190 e. The monoisotopic (exact) mass is 320 g/mol. The summed E-state index contributed by atoms with van der Waals surface area (Å²) in [7, 11) is 0. The number of hydrogen-bond donors (Lipinski definition) is 0. The molecule has 2 rings (SSSR count). The number of alkyl halides is 1. The fourth-order valence-electron chi connectivity index (χ4n) is 1.97. The van der Waals surface area contributed by atoms with Crippen LogP contribution in [0.3, 0.4) is 0 Å². The summed E-state index contributed by atoms with van der Waals surface area (Å²) in [5.74, 6) is -1.61. The highest BCUT2D eigenvalue weighted by Gasteiger charge is 2.33. The lowest BCUT2D eigenvalue weighted by atomic mass is 9.83. The zero-order valence-corrected chi connectivity index (χ0v) is 11.5. The molecule has 100 valence electrons. The van der Waals surface area contributed by atoms with Gasteiger partial charge in [-0.25, -0.2) is 8.78 Å². The van der Waals surface area contributed by atoms with E-state index in [1.807, 2.05) is 0 Å². The third-order valence-electron chi connectivity index (χ3n) is 3.28. The van der Waals surface area contributed by atoms with Crippen molar-refractivity contribution in [2.24, 2.45) is 5.41 Å². The van der Waals surface area contributed by atoms with Crippen LogP contribution in [0.2, 0.25) is 0 Å². The van der Waals surface area contributed by atoms with E-state index in [2.05, 4.69) is 15.9 Å². The fraction of sp³-hybridized carbons (Fsp3) is 0.538. The van der Waals surface area contributed by atoms with Crippen molar-refractivity contribution >= 4 is 15.9 Å². The molecule has 1 fully saturated rings. The van der Waals surface area contributed by atoms with Crippen LogP contribution in [-0.4, -0.2) is 25.2 Å². The van der Waals surface area contributed by atoms with Gasteiger partial charge in [0.05, 0.1) is 6.61 Å². The van der Waals surface area contributed by atoms with E-state index < -0.39 is 11.6 Å². The SMILES string of the molecule is Fc1cccc(F)c1OCC1(CBr)CCOCC1. The van der Waals surface area contributed by atoms with E-state index in [4.69, 9.17) is 9.47 Å². The second-order valence-electron chi connectivity index (χ2n) is 4.59. The molecular weight excluding hydrogens is 306 g/mol. The van der Waals surface area contributed by atoms with Crippen LogP contribution in [0.1, 0.15) is 12.8 Å². The van der Waals surface area contributed by atoms with Crippen molar-refractivity contribution in [2.75, 3.05) is 25.2 Å². The summed E-state index contributed by atoms with van der Waals surface area (Å²) in [6, 6.07) is 3.72. The Balaban J connectivity index is 2.05. The number of para-hydroxylation sites is 1. The summed E-state index contributed by atoms with van der Waals surface area (Å²) >= 11 is 3.46. The molecule has 0 amide bonds. The van der Waals surface area contributed by atoms with E-state index in [9.17, 15) is 8.78 Å². The molecule has 18 heavy (non-hydrogen) atoms. The Hall–Kier alpha value is -0.680. The van der Waals surface area contributed by atoms with Gasteiger partial charge in [0.1, 0.15) is 0 Å². The van der Waals surface area contributed by atoms with Crippen LogP contribution in [0, 0.1) is 17.0 Å². The van der Waals surface area contributed by atoms with E-state index in [-0.39, 0.29) is 11.2 Å². The van der Waals surface area contributed by atoms with Gasteiger partial charge in [-0.05, 0) is 25.0 Å². The molecule has 1 heterocycles. The van der Waals surface area contributed by atoms with E-state index in [1.165, 1.54) is 18.2 Å². The molecule has 2 nitrogen and oxygen atoms in total. The molecular formula is C13H15BrF2O2. The first kappa shape index (κ1) is 13.7. The van der Waals surface area contributed by atoms with Crippen LogP contribution in [0.4, 0.5) is 8.78 Å². The predicted octanol–water partition coefficient (Wildman–Crippen LogP) is 3.54. The molecule has 0 bridgehead atoms. The zero-order chi connectivity index (χ0) is 13.0. The minimum absolute atomic E-state index is 0.104. The van der Waals surface area contributed by atoms with Gasteiger partial charge in [-0.1, -0.05) is 22.0 Å². The number of rotatable bonds is 4. The van der Waals surface area contributed by atoms with Gasteiger partial charge >= 0.3 is 0 Å². The Labute approximate surface area is 113 Å². The molecule has 0 aromatic heterocycles. The first-order valence-corrected chi connectivity index (χ1v) is 7.00. The minimum atomic E-state index is -0.660. The van der Waals surface area contributed by atoms with E-state index in [1.54, 1.807) is 0 Å². The molecule has 1 aromatic rings. The Kier molecular flexibility index (Phi) is 4.56. The second kappa shape index (κ2) is 5.97. The van der Waals surface area contributed by atoms with Gasteiger partial charge in [0.25, 0.3) is 0 Å². The third kappa shape index (κ3) is 3.01. The van der Waals surface area contributed by atoms with Crippen LogP contribution in [-0.2, 0) is 4.74 Å². The number of benzene rings is 1. The number of halogens is 3. The maximum atomic E-state index is 13.4. The van der Waals surface area contributed by atoms with Crippen LogP contribution in [0.15, 0.2) is 18.2 Å². The quantitative estimate of drug-likeness (QED) is 0.790. The topological polar surface area (TPSA) is 18.5 Å². The molecule has 0 N–H and O–H groups in total. The molecule has 0 unspecified atom stereocenters. The highest BCUT2D eigenvalue weighted by Crippen LogP contribution is 2.34. The van der Waals surface area contributed by atoms with Gasteiger partial charge in [-0.15, -0.1) is 0 Å². The fourth-order valence-corrected chi connectivity index (χ4v) is 2.69. The van der Waals surface area contributed by atoms with Gasteiger partial charge in [0.2, 0.25) is 0 Å². The molecule has 1 aromatic carbocycles. The van der Waals surface area contributed by atoms with Crippen LogP contribution < -0.4 is 4.74 Å². The summed E-state index contributed by atoms with van der Waals surface area (Å²) in [6.45, 7) is 1.61. The highest BCUT2D eigenvalue weighted by atomic mass is 79.9. The lowest BCUT2D eigenvalue weighted by molar-refractivity contribution is 0.00219. The third-order valence-corrected chi connectivity index (χ3v) is 4.47. The first-order valence-electron chi connectivity index (χ1n) is 5.87. The van der Waals surface area contributed by atoms with Gasteiger partial charge in [0, 0.05) is 24.0 Å². The standard InChI is InChI=1S/C13H15BrF2O2/c14-8-13(4-6-17-7-5-13)9-18-12-10(15)2-1-3-11(12)16/h1-3H,4-9H2. The van der Waals surface area contributed by atoms with Crippen molar-refractivity contribution in [1.82, 2.24) is 0 Å². The van der Waals surface area contributed by atoms with E-state index in [0.29, 0.717) is 19.8 Å². The molecule has 5 heteroatoms. The molecule has 1 saturated heterocycles. The largest absolute Gasteiger partial charge is 0.487 e. The van der Waals surface area contributed by atoms with E-state index in [0.717, 1.165) is 18.2 Å². The predicted molar refractivity (Wildman–Crippen MR) is 68.1 cm³/mol. The maximum absolute atomic E-state index is 13.4. The van der Waals surface area contributed by atoms with Crippen molar-refractivity contribution in [3.63, 3.8) is 0 Å². The Morgan fingerprint density at radius 1 is 1.22 bits per heavy atom. The average molecular weight is 321 g/mol. The average Bonchev–Trinajstić information content (AvgIpc) is 2.39. The Bertz CT molecular complexity index is 386. The molecule has 0 aliphatic carbocycles. The lowest BCUT2D eigenvalue weighted by Crippen LogP contribution is -2.36. The van der Waals surface area contributed by atoms with Crippen LogP contribution >= 0.6 is 15.9 Å². The summed E-state index contributed by atoms with van der Waals surface area (Å²) in [4.78, 5) is 0. The van der Waals surface area contributed by atoms with Crippen molar-refractivity contribution in [2.45, 2.75) is 12.8 Å². The minimum Gasteiger partial charge on any atom is -0.487 e. The molecule has 0 saturated carbocycles. The van der Waals surface area contributed by atoms with Gasteiger partial charge in [-0.3, -0.25) is 0 Å². The molecule has 0 radical (unpaired) electrons. The van der Waals surface area contributed by atoms with Crippen molar-refractivity contribution in [1.29, 1.82) is 0 Å². The van der Waals surface area contributed by atoms with Crippen molar-refractivity contribution in [3.8, 4) is 5.75 Å². The lowest BCUT2D eigenvalue weighted by Gasteiger charge is -2.35. The summed E-state index contributed by atoms with van der Waals surface area (Å²) < 4.78 is 37.5. The van der Waals surface area contributed by atoms with Crippen LogP contribution in [0.5, 0.6) is 5.75 Å². The Morgan fingerprint density at radius 2 is 1.83 bits per heavy atom. The van der Waals surface area contributed by atoms with Crippen molar-refractivity contribution < 1.29 is 18.3 Å². The summed E-state index contributed by atoms with van der Waals surface area (Å²) in [6.07, 6.45) is 1.66. The van der Waals surface area contributed by atoms with Gasteiger partial charge in [0.15, 0.2) is 17.4 Å². The molecule has 0 atom stereocenters. The number of hydrogen-bond acceptors (Lipinski definition) is 2. The van der Waals surface area contributed by atoms with Gasteiger partial charge < -0.3 is 9.47 Å². The van der Waals surface area contributed by atoms with Gasteiger partial charge in [-0.2, -0.15) is 0 Å².